The van der Waals surface area contributed by atoms with Crippen molar-refractivity contribution < 1.29 is 29.3 Å². The fourth-order valence-corrected chi connectivity index (χ4v) is 3.11. The van der Waals surface area contributed by atoms with E-state index in [1.807, 2.05) is 0 Å². The topological polar surface area (TPSA) is 163 Å². The van der Waals surface area contributed by atoms with Gasteiger partial charge < -0.3 is 25.4 Å². The third-order valence-corrected chi connectivity index (χ3v) is 4.39. The lowest BCUT2D eigenvalue weighted by molar-refractivity contribution is -0.175. The fraction of sp³-hybridized carbons (Fsp3) is 0.500. The van der Waals surface area contributed by atoms with Gasteiger partial charge in [0.25, 0.3) is 0 Å². The molecule has 5 atom stereocenters. The van der Waals surface area contributed by atoms with Crippen LogP contribution in [0.2, 0.25) is 0 Å². The van der Waals surface area contributed by atoms with Crippen LogP contribution >= 0.6 is 0 Å². The molecule has 2 fully saturated rings. The van der Waals surface area contributed by atoms with E-state index in [2.05, 4.69) is 15.0 Å². The Hall–Kier alpha value is -2.63. The zero-order valence-corrected chi connectivity index (χ0v) is 12.8. The zero-order valence-electron chi connectivity index (χ0n) is 12.8. The summed E-state index contributed by atoms with van der Waals surface area (Å²) in [6, 6.07) is 0. The Bertz CT molecular complexity index is 853. The van der Waals surface area contributed by atoms with Crippen LogP contribution in [0.3, 0.4) is 0 Å². The van der Waals surface area contributed by atoms with Crippen molar-refractivity contribution in [3.63, 3.8) is 0 Å². The van der Waals surface area contributed by atoms with Crippen molar-refractivity contribution in [1.29, 1.82) is 0 Å². The highest BCUT2D eigenvalue weighted by atomic mass is 16.6. The number of anilines is 1. The lowest BCUT2D eigenvalue weighted by atomic mass is 9.98. The van der Waals surface area contributed by atoms with Gasteiger partial charge in [-0.2, -0.15) is 0 Å². The number of aliphatic hydroxyl groups is 2. The van der Waals surface area contributed by atoms with Crippen LogP contribution in [0.15, 0.2) is 12.7 Å². The Labute approximate surface area is 140 Å². The third-order valence-electron chi connectivity index (χ3n) is 4.39. The summed E-state index contributed by atoms with van der Waals surface area (Å²) in [4.78, 5) is 35.4. The summed E-state index contributed by atoms with van der Waals surface area (Å²) < 4.78 is 12.1. The van der Waals surface area contributed by atoms with Gasteiger partial charge in [0.05, 0.1) is 12.7 Å². The van der Waals surface area contributed by atoms with E-state index in [0.717, 1.165) is 0 Å². The smallest absolute Gasteiger partial charge is 0.307 e. The predicted octanol–water partition coefficient (Wildman–Crippen LogP) is -1.70. The summed E-state index contributed by atoms with van der Waals surface area (Å²) in [5.74, 6) is -0.754. The molecule has 0 spiro atoms. The first-order valence-electron chi connectivity index (χ1n) is 7.64. The number of ether oxygens (including phenoxy) is 2. The number of hydrogen-bond donors (Lipinski definition) is 3. The van der Waals surface area contributed by atoms with E-state index in [1.165, 1.54) is 17.2 Å². The van der Waals surface area contributed by atoms with E-state index in [0.29, 0.717) is 11.2 Å². The van der Waals surface area contributed by atoms with Gasteiger partial charge in [0.2, 0.25) is 0 Å². The molecular formula is C14H15N5O6. The van der Waals surface area contributed by atoms with Gasteiger partial charge in [-0.05, 0) is 0 Å². The molecule has 0 saturated carbocycles. The van der Waals surface area contributed by atoms with Crippen molar-refractivity contribution in [2.24, 2.45) is 0 Å². The highest BCUT2D eigenvalue weighted by molar-refractivity contribution is 5.92. The average Bonchev–Trinajstić information content (AvgIpc) is 3.14. The van der Waals surface area contributed by atoms with Gasteiger partial charge in [-0.1, -0.05) is 0 Å². The van der Waals surface area contributed by atoms with Gasteiger partial charge in [0.1, 0.15) is 30.2 Å². The first-order chi connectivity index (χ1) is 12.0. The molecule has 4 heterocycles. The molecule has 0 aromatic carbocycles. The Morgan fingerprint density at radius 2 is 1.96 bits per heavy atom. The van der Waals surface area contributed by atoms with Crippen LogP contribution in [0.4, 0.5) is 5.82 Å². The standard InChI is InChI=1S/C14H15N5O6/c15-12-7-13(17-3-16-12)19(4-18-7)14-9(23)8(22)11(25-14)10-5(20)1-2-6(21)24-10/h3-4,8-11,14,22-23H,1-2H2,(H2,15,16,17)/t8-,9+,10?,11-,14+/m0/s1. The number of rotatable bonds is 2. The van der Waals surface area contributed by atoms with E-state index in [4.69, 9.17) is 15.2 Å². The molecular weight excluding hydrogens is 334 g/mol. The molecule has 11 heteroatoms. The largest absolute Gasteiger partial charge is 0.451 e. The normalized spacial score (nSPS) is 33.0. The minimum absolute atomic E-state index is 0.00745. The molecule has 4 N–H and O–H groups in total. The number of Topliss-reactive ketones (excluding diaryl/α,β-unsaturated/α-hetero) is 1. The second-order valence-electron chi connectivity index (χ2n) is 5.93. The van der Waals surface area contributed by atoms with Gasteiger partial charge in [-0.3, -0.25) is 14.2 Å². The Kier molecular flexibility index (Phi) is 3.63. The summed E-state index contributed by atoms with van der Waals surface area (Å²) >= 11 is 0. The lowest BCUT2D eigenvalue weighted by Crippen LogP contribution is -2.47. The first-order valence-corrected chi connectivity index (χ1v) is 7.64. The number of carbonyl (C=O) groups is 2. The van der Waals surface area contributed by atoms with Crippen LogP contribution in [0.5, 0.6) is 0 Å². The predicted molar refractivity (Wildman–Crippen MR) is 79.8 cm³/mol. The quantitative estimate of drug-likeness (QED) is 0.533. The maximum atomic E-state index is 12.0. The minimum Gasteiger partial charge on any atom is -0.451 e. The molecule has 2 saturated heterocycles. The molecule has 0 amide bonds. The van der Waals surface area contributed by atoms with Gasteiger partial charge in [-0.25, -0.2) is 15.0 Å². The average molecular weight is 349 g/mol. The van der Waals surface area contributed by atoms with Crippen LogP contribution in [-0.4, -0.2) is 65.9 Å². The maximum absolute atomic E-state index is 12.0. The highest BCUT2D eigenvalue weighted by Gasteiger charge is 2.51. The van der Waals surface area contributed by atoms with E-state index in [9.17, 15) is 19.8 Å². The van der Waals surface area contributed by atoms with Crippen molar-refractivity contribution in [1.82, 2.24) is 19.5 Å². The second-order valence-corrected chi connectivity index (χ2v) is 5.93. The minimum atomic E-state index is -1.43. The number of cyclic esters (lactones) is 1. The van der Waals surface area contributed by atoms with Crippen molar-refractivity contribution in [3.05, 3.63) is 12.7 Å². The fourth-order valence-electron chi connectivity index (χ4n) is 3.11. The molecule has 11 nitrogen and oxygen atoms in total. The maximum Gasteiger partial charge on any atom is 0.307 e. The van der Waals surface area contributed by atoms with Crippen LogP contribution in [0, 0.1) is 0 Å². The summed E-state index contributed by atoms with van der Waals surface area (Å²) in [6.45, 7) is 0. The van der Waals surface area contributed by atoms with E-state index < -0.39 is 36.6 Å². The van der Waals surface area contributed by atoms with E-state index >= 15 is 0 Å². The lowest BCUT2D eigenvalue weighted by Gasteiger charge is -2.27. The molecule has 2 aliphatic rings. The number of aliphatic hydroxyl groups excluding tert-OH is 2. The van der Waals surface area contributed by atoms with Crippen molar-refractivity contribution in [2.75, 3.05) is 5.73 Å². The molecule has 25 heavy (non-hydrogen) atoms. The zero-order chi connectivity index (χ0) is 17.7. The number of aromatic nitrogens is 4. The molecule has 0 radical (unpaired) electrons. The van der Waals surface area contributed by atoms with Gasteiger partial charge in [0.15, 0.2) is 29.6 Å². The molecule has 4 rings (SSSR count). The third kappa shape index (κ3) is 2.44. The summed E-state index contributed by atoms with van der Waals surface area (Å²) in [6.07, 6.45) is -3.76. The van der Waals surface area contributed by atoms with Crippen LogP contribution in [-0.2, 0) is 19.1 Å². The summed E-state index contributed by atoms with van der Waals surface area (Å²) in [5.41, 5.74) is 6.34. The molecule has 0 bridgehead atoms. The molecule has 0 aliphatic carbocycles. The molecule has 132 valence electrons. The summed E-state index contributed by atoms with van der Waals surface area (Å²) in [5, 5.41) is 20.7. The number of fused-ring (bicyclic) bond motifs is 1. The number of nitrogens with zero attached hydrogens (tertiary/aromatic N) is 4. The number of imidazole rings is 1. The van der Waals surface area contributed by atoms with E-state index in [1.54, 1.807) is 0 Å². The van der Waals surface area contributed by atoms with Crippen LogP contribution < -0.4 is 5.73 Å². The highest BCUT2D eigenvalue weighted by Crippen LogP contribution is 2.35. The monoisotopic (exact) mass is 349 g/mol. The molecule has 2 aromatic rings. The molecule has 1 unspecified atom stereocenters. The number of carbonyl (C=O) groups excluding carboxylic acids is 2. The Balaban J connectivity index is 1.66. The first kappa shape index (κ1) is 15.9. The van der Waals surface area contributed by atoms with Gasteiger partial charge in [0, 0.05) is 6.42 Å². The number of nitrogen functional groups attached to an aromatic ring is 1. The molecule has 2 aromatic heterocycles. The van der Waals surface area contributed by atoms with Crippen LogP contribution in [0.1, 0.15) is 19.1 Å². The Morgan fingerprint density at radius 1 is 1.16 bits per heavy atom. The van der Waals surface area contributed by atoms with E-state index in [-0.39, 0.29) is 24.4 Å². The number of ketones is 1. The Morgan fingerprint density at radius 3 is 2.76 bits per heavy atom. The molecule has 2 aliphatic heterocycles. The SMILES string of the molecule is Nc1ncnc2c1ncn2[C@@H]1O[C@H](C2OC(=O)CCC2=O)[C@@H](O)[C@H]1O. The summed E-state index contributed by atoms with van der Waals surface area (Å²) in [7, 11) is 0. The van der Waals surface area contributed by atoms with Crippen molar-refractivity contribution in [3.8, 4) is 0 Å². The number of hydrogen-bond acceptors (Lipinski definition) is 10. The number of esters is 1. The van der Waals surface area contributed by atoms with Gasteiger partial charge >= 0.3 is 5.97 Å². The van der Waals surface area contributed by atoms with Crippen molar-refractivity contribution in [2.45, 2.75) is 43.5 Å². The van der Waals surface area contributed by atoms with Crippen molar-refractivity contribution >= 4 is 28.7 Å². The van der Waals surface area contributed by atoms with Crippen LogP contribution in [0.25, 0.3) is 11.2 Å². The van der Waals surface area contributed by atoms with Gasteiger partial charge in [-0.15, -0.1) is 0 Å². The second kappa shape index (κ2) is 5.72. The number of nitrogens with two attached hydrogens (primary N) is 1.